The van der Waals surface area contributed by atoms with Crippen LogP contribution in [0.3, 0.4) is 0 Å². The number of methoxy groups -OCH3 is 1. The Hall–Kier alpha value is -3.04. The number of carbonyl (C=O) groups excluding carboxylic acids is 1. The van der Waals surface area contributed by atoms with Crippen LogP contribution in [0.25, 0.3) is 11.0 Å². The Labute approximate surface area is 185 Å². The van der Waals surface area contributed by atoms with Gasteiger partial charge in [0.25, 0.3) is 5.91 Å². The zero-order valence-electron chi connectivity index (χ0n) is 17.5. The molecule has 0 aliphatic carbocycles. The maximum Gasteiger partial charge on any atom is 0.254 e. The number of nitrogens with one attached hydrogen (secondary N) is 3. The van der Waals surface area contributed by atoms with Crippen LogP contribution in [0.5, 0.6) is 5.75 Å². The van der Waals surface area contributed by atoms with E-state index in [1.165, 1.54) is 0 Å². The van der Waals surface area contributed by atoms with Gasteiger partial charge in [-0.15, -0.1) is 0 Å². The minimum absolute atomic E-state index is 0.0436. The average Bonchev–Trinajstić information content (AvgIpc) is 3.18. The van der Waals surface area contributed by atoms with Gasteiger partial charge in [-0.3, -0.25) is 4.79 Å². The van der Waals surface area contributed by atoms with Crippen molar-refractivity contribution >= 4 is 46.0 Å². The Morgan fingerprint density at radius 2 is 2.13 bits per heavy atom. The molecular formula is C21H25ClN6O3. The van der Waals surface area contributed by atoms with Crippen molar-refractivity contribution in [2.45, 2.75) is 13.3 Å². The summed E-state index contributed by atoms with van der Waals surface area (Å²) in [6, 6.07) is 5.28. The van der Waals surface area contributed by atoms with Crippen molar-refractivity contribution in [2.75, 3.05) is 50.6 Å². The van der Waals surface area contributed by atoms with Crippen molar-refractivity contribution in [3.63, 3.8) is 0 Å². The van der Waals surface area contributed by atoms with Crippen molar-refractivity contribution < 1.29 is 14.3 Å². The summed E-state index contributed by atoms with van der Waals surface area (Å²) < 4.78 is 10.8. The minimum atomic E-state index is -0.0436. The third-order valence-corrected chi connectivity index (χ3v) is 5.32. The lowest BCUT2D eigenvalue weighted by Gasteiger charge is -2.27. The van der Waals surface area contributed by atoms with E-state index >= 15 is 0 Å². The summed E-state index contributed by atoms with van der Waals surface area (Å²) in [5, 5.41) is 7.79. The van der Waals surface area contributed by atoms with Crippen LogP contribution in [0.4, 0.5) is 17.5 Å². The highest BCUT2D eigenvalue weighted by Gasteiger charge is 2.20. The molecule has 3 aromatic rings. The number of fused-ring (bicyclic) bond motifs is 1. The average molecular weight is 445 g/mol. The second-order valence-corrected chi connectivity index (χ2v) is 7.53. The fraction of sp³-hybridized carbons (Fsp3) is 0.381. The van der Waals surface area contributed by atoms with Crippen LogP contribution in [0.15, 0.2) is 24.4 Å². The molecule has 3 heterocycles. The SMILES string of the molecule is CCCNc1nc(Nc2ccc(C(=O)N3CCOCC3)cc2OC)nc2[nH]cc(Cl)c12. The number of aromatic nitrogens is 3. The second-order valence-electron chi connectivity index (χ2n) is 7.13. The van der Waals surface area contributed by atoms with Gasteiger partial charge in [0.1, 0.15) is 17.2 Å². The van der Waals surface area contributed by atoms with Crippen molar-refractivity contribution in [2.24, 2.45) is 0 Å². The van der Waals surface area contributed by atoms with E-state index in [1.54, 1.807) is 36.4 Å². The lowest BCUT2D eigenvalue weighted by atomic mass is 10.1. The zero-order valence-corrected chi connectivity index (χ0v) is 18.3. The van der Waals surface area contributed by atoms with Gasteiger partial charge in [-0.25, -0.2) is 0 Å². The van der Waals surface area contributed by atoms with Gasteiger partial charge >= 0.3 is 0 Å². The van der Waals surface area contributed by atoms with Crippen LogP contribution in [-0.4, -0.2) is 65.7 Å². The number of carbonyl (C=O) groups is 1. The predicted molar refractivity (Wildman–Crippen MR) is 121 cm³/mol. The Morgan fingerprint density at radius 1 is 1.32 bits per heavy atom. The first kappa shape index (κ1) is 21.2. The summed E-state index contributed by atoms with van der Waals surface area (Å²) in [6.07, 6.45) is 2.64. The van der Waals surface area contributed by atoms with Crippen molar-refractivity contribution in [1.82, 2.24) is 19.9 Å². The molecule has 1 aliphatic heterocycles. The summed E-state index contributed by atoms with van der Waals surface area (Å²) in [5.41, 5.74) is 1.83. The van der Waals surface area contributed by atoms with Crippen LogP contribution >= 0.6 is 11.6 Å². The fourth-order valence-electron chi connectivity index (χ4n) is 3.42. The first-order valence-corrected chi connectivity index (χ1v) is 10.6. The van der Waals surface area contributed by atoms with Crippen molar-refractivity contribution in [3.8, 4) is 5.75 Å². The van der Waals surface area contributed by atoms with Gasteiger partial charge in [0.05, 0.1) is 36.4 Å². The van der Waals surface area contributed by atoms with Crippen molar-refractivity contribution in [1.29, 1.82) is 0 Å². The standard InChI is InChI=1S/C21H25ClN6O3/c1-3-6-23-18-17-14(22)12-24-19(17)27-21(26-18)25-15-5-4-13(11-16(15)30-2)20(29)28-7-9-31-10-8-28/h4-5,11-12H,3,6-10H2,1-2H3,(H3,23,24,25,26,27). The molecule has 2 aromatic heterocycles. The molecular weight excluding hydrogens is 420 g/mol. The number of halogens is 1. The van der Waals surface area contributed by atoms with E-state index in [2.05, 4.69) is 32.5 Å². The summed E-state index contributed by atoms with van der Waals surface area (Å²) in [7, 11) is 1.56. The van der Waals surface area contributed by atoms with Crippen LogP contribution < -0.4 is 15.4 Å². The van der Waals surface area contributed by atoms with Crippen LogP contribution in [-0.2, 0) is 4.74 Å². The molecule has 3 N–H and O–H groups in total. The molecule has 1 saturated heterocycles. The number of ether oxygens (including phenoxy) is 2. The van der Waals surface area contributed by atoms with E-state index in [9.17, 15) is 4.79 Å². The molecule has 0 saturated carbocycles. The molecule has 1 amide bonds. The van der Waals surface area contributed by atoms with E-state index in [4.69, 9.17) is 21.1 Å². The molecule has 0 bridgehead atoms. The molecule has 0 spiro atoms. The molecule has 1 aromatic carbocycles. The van der Waals surface area contributed by atoms with Gasteiger partial charge < -0.3 is 30.0 Å². The van der Waals surface area contributed by atoms with E-state index in [0.29, 0.717) is 65.7 Å². The third kappa shape index (κ3) is 4.52. The van der Waals surface area contributed by atoms with Crippen LogP contribution in [0.1, 0.15) is 23.7 Å². The summed E-state index contributed by atoms with van der Waals surface area (Å²) in [4.78, 5) is 26.7. The van der Waals surface area contributed by atoms with Crippen molar-refractivity contribution in [3.05, 3.63) is 35.0 Å². The Kier molecular flexibility index (Phi) is 6.43. The number of aromatic amines is 1. The Morgan fingerprint density at radius 3 is 2.87 bits per heavy atom. The number of benzene rings is 1. The van der Waals surface area contributed by atoms with Gasteiger partial charge in [-0.05, 0) is 24.6 Å². The summed E-state index contributed by atoms with van der Waals surface area (Å²) in [6.45, 7) is 5.12. The molecule has 9 nitrogen and oxygen atoms in total. The first-order valence-electron chi connectivity index (χ1n) is 10.2. The van der Waals surface area contributed by atoms with E-state index in [-0.39, 0.29) is 5.91 Å². The molecule has 31 heavy (non-hydrogen) atoms. The second kappa shape index (κ2) is 9.40. The van der Waals surface area contributed by atoms with Gasteiger partial charge in [-0.1, -0.05) is 18.5 Å². The van der Waals surface area contributed by atoms with Gasteiger partial charge in [0.2, 0.25) is 5.95 Å². The fourth-order valence-corrected chi connectivity index (χ4v) is 3.65. The molecule has 0 atom stereocenters. The minimum Gasteiger partial charge on any atom is -0.495 e. The smallest absolute Gasteiger partial charge is 0.254 e. The highest BCUT2D eigenvalue weighted by Crippen LogP contribution is 2.32. The number of hydrogen-bond acceptors (Lipinski definition) is 7. The lowest BCUT2D eigenvalue weighted by Crippen LogP contribution is -2.40. The van der Waals surface area contributed by atoms with Crippen LogP contribution in [0.2, 0.25) is 5.02 Å². The highest BCUT2D eigenvalue weighted by atomic mass is 35.5. The number of H-pyrrole nitrogens is 1. The third-order valence-electron chi connectivity index (χ3n) is 5.02. The number of hydrogen-bond donors (Lipinski definition) is 3. The number of anilines is 3. The first-order chi connectivity index (χ1) is 15.1. The topological polar surface area (TPSA) is 104 Å². The highest BCUT2D eigenvalue weighted by molar-refractivity contribution is 6.36. The van der Waals surface area contributed by atoms with E-state index in [1.807, 2.05) is 0 Å². The van der Waals surface area contributed by atoms with E-state index in [0.717, 1.165) is 18.4 Å². The summed E-state index contributed by atoms with van der Waals surface area (Å²) >= 11 is 6.29. The summed E-state index contributed by atoms with van der Waals surface area (Å²) in [5.74, 6) is 1.52. The maximum atomic E-state index is 12.8. The van der Waals surface area contributed by atoms with Crippen LogP contribution in [0, 0.1) is 0 Å². The van der Waals surface area contributed by atoms with Gasteiger partial charge in [0.15, 0.2) is 0 Å². The van der Waals surface area contributed by atoms with Gasteiger partial charge in [-0.2, -0.15) is 9.97 Å². The molecule has 10 heteroatoms. The normalized spacial score (nSPS) is 14.0. The molecule has 1 fully saturated rings. The quantitative estimate of drug-likeness (QED) is 0.510. The number of morpholine rings is 1. The molecule has 0 unspecified atom stereocenters. The largest absolute Gasteiger partial charge is 0.495 e. The Balaban J connectivity index is 1.61. The molecule has 4 rings (SSSR count). The number of rotatable bonds is 7. The molecule has 164 valence electrons. The predicted octanol–water partition coefficient (Wildman–Crippen LogP) is 3.66. The maximum absolute atomic E-state index is 12.8. The Bertz CT molecular complexity index is 1080. The van der Waals surface area contributed by atoms with E-state index < -0.39 is 0 Å². The van der Waals surface area contributed by atoms with Gasteiger partial charge in [0, 0.05) is 31.4 Å². The monoisotopic (exact) mass is 444 g/mol. The number of amides is 1. The molecule has 1 aliphatic rings. The number of nitrogens with zero attached hydrogens (tertiary/aromatic N) is 3. The molecule has 0 radical (unpaired) electrons. The lowest BCUT2D eigenvalue weighted by molar-refractivity contribution is 0.0302. The zero-order chi connectivity index (χ0) is 21.8.